The summed E-state index contributed by atoms with van der Waals surface area (Å²) in [5, 5.41) is 0. The maximum Gasteiger partial charge on any atom is 0.331 e. The van der Waals surface area contributed by atoms with Crippen LogP contribution >= 0.6 is 22.6 Å². The van der Waals surface area contributed by atoms with E-state index in [4.69, 9.17) is 4.74 Å². The van der Waals surface area contributed by atoms with Crippen molar-refractivity contribution < 1.29 is 9.53 Å². The first-order chi connectivity index (χ1) is 11.1. The van der Waals surface area contributed by atoms with Crippen molar-refractivity contribution in [3.63, 3.8) is 0 Å². The molecule has 3 aromatic rings. The second-order valence-electron chi connectivity index (χ2n) is 5.03. The summed E-state index contributed by atoms with van der Waals surface area (Å²) in [6.45, 7) is 2.35. The summed E-state index contributed by atoms with van der Waals surface area (Å²) in [7, 11) is 0. The first-order valence-electron chi connectivity index (χ1n) is 7.24. The number of ether oxygens (including phenoxy) is 1. The Bertz CT molecular complexity index is 927. The number of carbonyl (C=O) groups is 1. The van der Waals surface area contributed by atoms with Crippen LogP contribution in [0.3, 0.4) is 0 Å². The summed E-state index contributed by atoms with van der Waals surface area (Å²) in [6, 6.07) is 14.7. The maximum atomic E-state index is 12.5. The van der Waals surface area contributed by atoms with Gasteiger partial charge in [0.15, 0.2) is 0 Å². The van der Waals surface area contributed by atoms with Crippen LogP contribution in [0.5, 0.6) is 5.75 Å². The van der Waals surface area contributed by atoms with Crippen LogP contribution in [0.25, 0.3) is 11.0 Å². The minimum absolute atomic E-state index is 0.113. The van der Waals surface area contributed by atoms with E-state index >= 15 is 0 Å². The highest BCUT2D eigenvalue weighted by Crippen LogP contribution is 2.16. The van der Waals surface area contributed by atoms with Gasteiger partial charge in [-0.25, -0.2) is 9.59 Å². The number of halogens is 1. The molecule has 0 aliphatic carbocycles. The first kappa shape index (κ1) is 15.8. The molecule has 0 atom stereocenters. The summed E-state index contributed by atoms with van der Waals surface area (Å²) in [5.41, 5.74) is 1.36. The molecular weight excluding hydrogens is 407 g/mol. The van der Waals surface area contributed by atoms with Crippen LogP contribution in [-0.2, 0) is 17.9 Å². The van der Waals surface area contributed by atoms with E-state index in [9.17, 15) is 9.59 Å². The largest absolute Gasteiger partial charge is 0.425 e. The summed E-state index contributed by atoms with van der Waals surface area (Å²) in [4.78, 5) is 24.7. The first-order valence-corrected chi connectivity index (χ1v) is 8.32. The lowest BCUT2D eigenvalue weighted by Crippen LogP contribution is -2.28. The van der Waals surface area contributed by atoms with Gasteiger partial charge < -0.3 is 4.74 Å². The topological polar surface area (TPSA) is 53.2 Å². The van der Waals surface area contributed by atoms with E-state index in [0.29, 0.717) is 12.3 Å². The molecule has 0 aliphatic heterocycles. The van der Waals surface area contributed by atoms with Crippen molar-refractivity contribution in [2.75, 3.05) is 0 Å². The standard InChI is InChI=1S/C17H15IN2O3/c1-2-19-14-8-3-4-9-15(14)20(17(19)22)11-16(21)23-13-7-5-6-12(18)10-13/h3-10H,2,11H2,1H3. The molecule has 0 unspecified atom stereocenters. The van der Waals surface area contributed by atoms with Crippen LogP contribution in [0.2, 0.25) is 0 Å². The predicted octanol–water partition coefficient (Wildman–Crippen LogP) is 3.03. The third-order valence-corrected chi connectivity index (χ3v) is 4.23. The molecule has 3 rings (SSSR count). The van der Waals surface area contributed by atoms with Gasteiger partial charge in [-0.2, -0.15) is 0 Å². The molecule has 0 saturated carbocycles. The molecule has 0 N–H and O–H groups in total. The van der Waals surface area contributed by atoms with Crippen LogP contribution < -0.4 is 10.4 Å². The van der Waals surface area contributed by atoms with Crippen molar-refractivity contribution >= 4 is 39.6 Å². The van der Waals surface area contributed by atoms with E-state index in [0.717, 1.165) is 14.6 Å². The zero-order chi connectivity index (χ0) is 16.4. The number of rotatable bonds is 4. The third kappa shape index (κ3) is 3.17. The van der Waals surface area contributed by atoms with Crippen LogP contribution in [-0.4, -0.2) is 15.1 Å². The van der Waals surface area contributed by atoms with Crippen molar-refractivity contribution in [3.05, 3.63) is 62.6 Å². The molecule has 6 heteroatoms. The second-order valence-corrected chi connectivity index (χ2v) is 6.28. The Morgan fingerprint density at radius 2 is 1.78 bits per heavy atom. The van der Waals surface area contributed by atoms with Crippen LogP contribution in [0.1, 0.15) is 6.92 Å². The third-order valence-electron chi connectivity index (χ3n) is 3.56. The van der Waals surface area contributed by atoms with Gasteiger partial charge in [0, 0.05) is 10.1 Å². The molecule has 0 amide bonds. The van der Waals surface area contributed by atoms with Gasteiger partial charge in [0.05, 0.1) is 11.0 Å². The van der Waals surface area contributed by atoms with Crippen molar-refractivity contribution in [1.29, 1.82) is 0 Å². The lowest BCUT2D eigenvalue weighted by Gasteiger charge is -2.05. The van der Waals surface area contributed by atoms with Crippen molar-refractivity contribution in [2.45, 2.75) is 20.0 Å². The van der Waals surface area contributed by atoms with Crippen molar-refractivity contribution in [1.82, 2.24) is 9.13 Å². The van der Waals surface area contributed by atoms with E-state index in [2.05, 4.69) is 22.6 Å². The number of aryl methyl sites for hydroxylation is 1. The Morgan fingerprint density at radius 3 is 2.43 bits per heavy atom. The summed E-state index contributed by atoms with van der Waals surface area (Å²) >= 11 is 2.15. The molecule has 0 spiro atoms. The van der Waals surface area contributed by atoms with Gasteiger partial charge in [0.25, 0.3) is 0 Å². The Balaban J connectivity index is 1.91. The van der Waals surface area contributed by atoms with Gasteiger partial charge in [-0.15, -0.1) is 0 Å². The number of fused-ring (bicyclic) bond motifs is 1. The smallest absolute Gasteiger partial charge is 0.331 e. The number of esters is 1. The molecule has 23 heavy (non-hydrogen) atoms. The number of benzene rings is 2. The number of aromatic nitrogens is 2. The normalized spacial score (nSPS) is 10.9. The fourth-order valence-electron chi connectivity index (χ4n) is 2.55. The number of imidazole rings is 1. The molecule has 5 nitrogen and oxygen atoms in total. The summed E-state index contributed by atoms with van der Waals surface area (Å²) < 4.78 is 9.41. The highest BCUT2D eigenvalue weighted by molar-refractivity contribution is 14.1. The van der Waals surface area contributed by atoms with E-state index in [-0.39, 0.29) is 12.2 Å². The highest BCUT2D eigenvalue weighted by atomic mass is 127. The molecule has 1 heterocycles. The molecule has 0 saturated heterocycles. The maximum absolute atomic E-state index is 12.5. The highest BCUT2D eigenvalue weighted by Gasteiger charge is 2.15. The predicted molar refractivity (Wildman–Crippen MR) is 96.7 cm³/mol. The van der Waals surface area contributed by atoms with Gasteiger partial charge >= 0.3 is 11.7 Å². The van der Waals surface area contributed by atoms with Gasteiger partial charge in [-0.1, -0.05) is 18.2 Å². The molecule has 0 radical (unpaired) electrons. The minimum Gasteiger partial charge on any atom is -0.425 e. The fraction of sp³-hybridized carbons (Fsp3) is 0.176. The second kappa shape index (κ2) is 6.57. The molecule has 118 valence electrons. The number of hydrogen-bond acceptors (Lipinski definition) is 3. The Hall–Kier alpha value is -2.09. The molecule has 0 aliphatic rings. The fourth-order valence-corrected chi connectivity index (χ4v) is 3.07. The summed E-state index contributed by atoms with van der Waals surface area (Å²) in [5.74, 6) is 0.0160. The van der Waals surface area contributed by atoms with Crippen molar-refractivity contribution in [3.8, 4) is 5.75 Å². The number of nitrogens with zero attached hydrogens (tertiary/aromatic N) is 2. The van der Waals surface area contributed by atoms with Gasteiger partial charge in [-0.05, 0) is 59.8 Å². The van der Waals surface area contributed by atoms with Crippen molar-refractivity contribution in [2.24, 2.45) is 0 Å². The SMILES string of the molecule is CCn1c(=O)n(CC(=O)Oc2cccc(I)c2)c2ccccc21. The number of para-hydroxylation sites is 2. The average molecular weight is 422 g/mol. The lowest BCUT2D eigenvalue weighted by molar-refractivity contribution is -0.135. The lowest BCUT2D eigenvalue weighted by atomic mass is 10.3. The average Bonchev–Trinajstić information content (AvgIpc) is 2.79. The zero-order valence-corrected chi connectivity index (χ0v) is 14.7. The van der Waals surface area contributed by atoms with E-state index in [1.807, 2.05) is 43.3 Å². The van der Waals surface area contributed by atoms with Gasteiger partial charge in [0.2, 0.25) is 0 Å². The van der Waals surface area contributed by atoms with E-state index < -0.39 is 5.97 Å². The Labute approximate surface area is 146 Å². The minimum atomic E-state index is -0.465. The number of carbonyl (C=O) groups excluding carboxylic acids is 1. The molecule has 2 aromatic carbocycles. The van der Waals surface area contributed by atoms with E-state index in [1.54, 1.807) is 16.7 Å². The van der Waals surface area contributed by atoms with Gasteiger partial charge in [0.1, 0.15) is 12.3 Å². The Morgan fingerprint density at radius 1 is 1.09 bits per heavy atom. The molecule has 1 aromatic heterocycles. The molecular formula is C17H15IN2O3. The molecule has 0 bridgehead atoms. The van der Waals surface area contributed by atoms with Gasteiger partial charge in [-0.3, -0.25) is 9.13 Å². The van der Waals surface area contributed by atoms with Crippen LogP contribution in [0.15, 0.2) is 53.3 Å². The monoisotopic (exact) mass is 422 g/mol. The zero-order valence-electron chi connectivity index (χ0n) is 12.5. The summed E-state index contributed by atoms with van der Waals surface area (Å²) in [6.07, 6.45) is 0. The quantitative estimate of drug-likeness (QED) is 0.369. The van der Waals surface area contributed by atoms with Crippen LogP contribution in [0, 0.1) is 3.57 Å². The molecule has 0 fully saturated rings. The van der Waals surface area contributed by atoms with Crippen LogP contribution in [0.4, 0.5) is 0 Å². The number of hydrogen-bond donors (Lipinski definition) is 0. The Kier molecular flexibility index (Phi) is 4.51. The van der Waals surface area contributed by atoms with E-state index in [1.165, 1.54) is 4.57 Å².